The summed E-state index contributed by atoms with van der Waals surface area (Å²) < 4.78 is 0. The molecule has 2 aliphatic rings. The summed E-state index contributed by atoms with van der Waals surface area (Å²) in [5, 5.41) is 14.0. The Hall–Kier alpha value is -0.180. The molecule has 2 unspecified atom stereocenters. The van der Waals surface area contributed by atoms with Gasteiger partial charge in [0.25, 0.3) is 0 Å². The van der Waals surface area contributed by atoms with E-state index in [9.17, 15) is 0 Å². The van der Waals surface area contributed by atoms with Gasteiger partial charge >= 0.3 is 0 Å². The number of aliphatic hydroxyl groups is 2. The number of aliphatic hydroxyl groups excluding tert-OH is 2. The summed E-state index contributed by atoms with van der Waals surface area (Å²) in [4.78, 5) is 0. The second kappa shape index (κ2) is 15.7. The van der Waals surface area contributed by atoms with Gasteiger partial charge in [-0.1, -0.05) is 118 Å². The van der Waals surface area contributed by atoms with Gasteiger partial charge in [-0.15, -0.1) is 0 Å². The predicted octanol–water partition coefficient (Wildman–Crippen LogP) is 8.87. The zero-order valence-electron chi connectivity index (χ0n) is 22.9. The molecule has 190 valence electrons. The van der Waals surface area contributed by atoms with E-state index < -0.39 is 0 Å². The maximum atomic E-state index is 7.00. The van der Waals surface area contributed by atoms with Crippen molar-refractivity contribution in [3.8, 4) is 0 Å². The number of benzene rings is 2. The van der Waals surface area contributed by atoms with E-state index in [1.54, 1.807) is 22.3 Å². The third-order valence-electron chi connectivity index (χ3n) is 7.66. The van der Waals surface area contributed by atoms with Gasteiger partial charge in [-0.05, 0) is 44.9 Å². The molecule has 0 saturated heterocycles. The molecule has 4 heteroatoms. The number of fused-ring (bicyclic) bond motifs is 4. The highest BCUT2D eigenvalue weighted by Crippen LogP contribution is 2.67. The molecular weight excluding hydrogens is 634 g/mol. The first kappa shape index (κ1) is 35.0. The van der Waals surface area contributed by atoms with E-state index in [0.29, 0.717) is 11.8 Å². The molecule has 2 aromatic rings. The van der Waals surface area contributed by atoms with Crippen molar-refractivity contribution in [2.75, 3.05) is 14.2 Å². The summed E-state index contributed by atoms with van der Waals surface area (Å²) in [5.41, 5.74) is 6.79. The van der Waals surface area contributed by atoms with E-state index in [1.807, 2.05) is 27.7 Å². The van der Waals surface area contributed by atoms with Crippen LogP contribution in [-0.4, -0.2) is 24.4 Å². The fraction of sp³-hybridized carbons (Fsp3) is 0.586. The van der Waals surface area contributed by atoms with Crippen molar-refractivity contribution >= 4 is 37.2 Å². The van der Waals surface area contributed by atoms with Crippen molar-refractivity contribution in [1.29, 1.82) is 0 Å². The van der Waals surface area contributed by atoms with Crippen LogP contribution < -0.4 is 0 Å². The number of halogens is 2. The van der Waals surface area contributed by atoms with Crippen LogP contribution in [0.5, 0.6) is 0 Å². The number of hydrogen-bond acceptors (Lipinski definition) is 2. The van der Waals surface area contributed by atoms with Crippen molar-refractivity contribution in [3.05, 3.63) is 70.8 Å². The highest BCUT2D eigenvalue weighted by Gasteiger charge is 2.64. The van der Waals surface area contributed by atoms with Gasteiger partial charge in [-0.3, -0.25) is 0 Å². The van der Waals surface area contributed by atoms with Crippen LogP contribution in [-0.2, 0) is 16.2 Å². The summed E-state index contributed by atoms with van der Waals surface area (Å²) in [6.07, 6.45) is 0. The molecule has 0 heterocycles. The molecule has 0 bridgehead atoms. The van der Waals surface area contributed by atoms with Crippen molar-refractivity contribution in [1.82, 2.24) is 0 Å². The van der Waals surface area contributed by atoms with E-state index >= 15 is 0 Å². The van der Waals surface area contributed by atoms with Crippen LogP contribution in [0.3, 0.4) is 0 Å². The average molecular weight is 683 g/mol. The minimum absolute atomic E-state index is 0.139. The Morgan fingerprint density at radius 1 is 0.545 bits per heavy atom. The van der Waals surface area contributed by atoms with Crippen molar-refractivity contribution in [2.45, 2.75) is 85.5 Å². The van der Waals surface area contributed by atoms with Crippen LogP contribution in [0.4, 0.5) is 0 Å². The van der Waals surface area contributed by atoms with E-state index in [2.05, 4.69) is 127 Å². The smallest absolute Gasteiger partial charge is 0.0319 e. The molecule has 2 nitrogen and oxygen atoms in total. The topological polar surface area (TPSA) is 40.5 Å². The van der Waals surface area contributed by atoms with Gasteiger partial charge in [0.2, 0.25) is 0 Å². The van der Waals surface area contributed by atoms with Crippen molar-refractivity contribution < 1.29 is 10.2 Å². The lowest BCUT2D eigenvalue weighted by molar-refractivity contribution is 0.171. The van der Waals surface area contributed by atoms with Gasteiger partial charge in [0.05, 0.1) is 0 Å². The lowest BCUT2D eigenvalue weighted by Crippen LogP contribution is -2.43. The van der Waals surface area contributed by atoms with Crippen LogP contribution in [0.1, 0.15) is 91.5 Å². The Labute approximate surface area is 228 Å². The monoisotopic (exact) mass is 682 g/mol. The standard InChI is InChI=1S/C23H28.2C2H6.2CH4O.I2/c1-15-21(3,4)17-11-7-9-13-19(17)23(15)16(2)22(5,6)18-12-8-10-14-20(18)23;5*1-2/h7-16H,1-6H3;2*1-2H3;2*2H,1H3;. The maximum Gasteiger partial charge on any atom is 0.0319 e. The van der Waals surface area contributed by atoms with E-state index in [1.165, 1.54) is 0 Å². The molecule has 1 spiro atoms. The summed E-state index contributed by atoms with van der Waals surface area (Å²) in [6, 6.07) is 18.4. The minimum Gasteiger partial charge on any atom is -0.400 e. The van der Waals surface area contributed by atoms with Gasteiger partial charge in [0.1, 0.15) is 0 Å². The molecule has 2 aromatic carbocycles. The summed E-state index contributed by atoms with van der Waals surface area (Å²) in [5.74, 6) is 1.18. The van der Waals surface area contributed by atoms with Crippen LogP contribution in [0.15, 0.2) is 48.5 Å². The van der Waals surface area contributed by atoms with E-state index in [0.717, 1.165) is 14.2 Å². The molecule has 0 aromatic heterocycles. The van der Waals surface area contributed by atoms with Crippen LogP contribution in [0, 0.1) is 11.8 Å². The first-order valence-electron chi connectivity index (χ1n) is 12.0. The second-order valence-electron chi connectivity index (χ2n) is 8.85. The predicted molar refractivity (Wildman–Crippen MR) is 165 cm³/mol. The highest BCUT2D eigenvalue weighted by molar-refractivity contribution is 15.0. The lowest BCUT2D eigenvalue weighted by Gasteiger charge is -2.43. The molecule has 0 saturated carbocycles. The Morgan fingerprint density at radius 3 is 1.00 bits per heavy atom. The van der Waals surface area contributed by atoms with Crippen LogP contribution in [0.25, 0.3) is 0 Å². The van der Waals surface area contributed by atoms with Gasteiger partial charge in [-0.2, -0.15) is 0 Å². The SMILES string of the molecule is CC.CC.CC1C(C)(C)c2ccccc2C12c1ccccc1C(C)(C)C2C.CO.CO.II. The largest absolute Gasteiger partial charge is 0.400 e. The third-order valence-corrected chi connectivity index (χ3v) is 7.66. The molecule has 33 heavy (non-hydrogen) atoms. The molecule has 0 fully saturated rings. The van der Waals surface area contributed by atoms with Gasteiger partial charge in [-0.25, -0.2) is 0 Å². The van der Waals surface area contributed by atoms with Gasteiger partial charge < -0.3 is 10.2 Å². The van der Waals surface area contributed by atoms with Gasteiger partial charge in [0.15, 0.2) is 0 Å². The molecule has 2 atom stereocenters. The first-order valence-corrected chi connectivity index (χ1v) is 18.3. The number of rotatable bonds is 0. The molecule has 0 amide bonds. The molecular formula is C29H48I2O2. The zero-order chi connectivity index (χ0) is 26.6. The quantitative estimate of drug-likeness (QED) is 0.273. The zero-order valence-corrected chi connectivity index (χ0v) is 27.2. The van der Waals surface area contributed by atoms with Crippen LogP contribution in [0.2, 0.25) is 0 Å². The summed E-state index contributed by atoms with van der Waals surface area (Å²) >= 11 is 4.24. The molecule has 2 N–H and O–H groups in total. The van der Waals surface area contributed by atoms with Crippen LogP contribution >= 0.6 is 37.2 Å². The Morgan fingerprint density at radius 2 is 0.758 bits per heavy atom. The van der Waals surface area contributed by atoms with E-state index in [4.69, 9.17) is 10.2 Å². The fourth-order valence-corrected chi connectivity index (χ4v) is 5.87. The van der Waals surface area contributed by atoms with Gasteiger partial charge in [0, 0.05) is 56.9 Å². The normalized spacial score (nSPS) is 23.8. The highest BCUT2D eigenvalue weighted by atomic mass is 128. The first-order chi connectivity index (χ1) is 15.8. The fourth-order valence-electron chi connectivity index (χ4n) is 5.87. The summed E-state index contributed by atoms with van der Waals surface area (Å²) in [6.45, 7) is 22.7. The Bertz CT molecular complexity index is 732. The maximum absolute atomic E-state index is 7.00. The van der Waals surface area contributed by atoms with Crippen molar-refractivity contribution in [3.63, 3.8) is 0 Å². The molecule has 4 rings (SSSR count). The third kappa shape index (κ3) is 5.80. The minimum atomic E-state index is 0.139. The Kier molecular flexibility index (Phi) is 16.7. The summed E-state index contributed by atoms with van der Waals surface area (Å²) in [7, 11) is 2.00. The average Bonchev–Trinajstić information content (AvgIpc) is 3.19. The molecule has 0 radical (unpaired) electrons. The lowest BCUT2D eigenvalue weighted by atomic mass is 9.60. The Balaban J connectivity index is 0. The number of hydrogen-bond donors (Lipinski definition) is 2. The van der Waals surface area contributed by atoms with Crippen molar-refractivity contribution in [2.24, 2.45) is 11.8 Å². The molecule has 2 aliphatic carbocycles. The van der Waals surface area contributed by atoms with E-state index in [-0.39, 0.29) is 16.2 Å². The second-order valence-corrected chi connectivity index (χ2v) is 8.85. The molecule has 0 aliphatic heterocycles.